The lowest BCUT2D eigenvalue weighted by Gasteiger charge is -2.07. The summed E-state index contributed by atoms with van der Waals surface area (Å²) in [6.45, 7) is 2.58. The van der Waals surface area contributed by atoms with Crippen LogP contribution in [0.25, 0.3) is 11.3 Å². The van der Waals surface area contributed by atoms with Gasteiger partial charge in [-0.3, -0.25) is 9.78 Å². The Balaban J connectivity index is 1.61. The van der Waals surface area contributed by atoms with Crippen molar-refractivity contribution in [1.82, 2.24) is 20.2 Å². The summed E-state index contributed by atoms with van der Waals surface area (Å²) in [4.78, 5) is 17.4. The molecule has 0 aliphatic rings. The summed E-state index contributed by atoms with van der Waals surface area (Å²) in [5.74, 6) is -1.28. The van der Waals surface area contributed by atoms with E-state index >= 15 is 0 Å². The van der Waals surface area contributed by atoms with Crippen molar-refractivity contribution >= 4 is 5.91 Å². The maximum absolute atomic E-state index is 14.2. The monoisotopic (exact) mass is 400 g/mol. The smallest absolute Gasteiger partial charge is 0.252 e. The lowest BCUT2D eigenvalue weighted by Crippen LogP contribution is -2.35. The van der Waals surface area contributed by atoms with Crippen molar-refractivity contribution in [2.24, 2.45) is 5.73 Å². The zero-order valence-corrected chi connectivity index (χ0v) is 15.9. The van der Waals surface area contributed by atoms with Crippen LogP contribution in [0.3, 0.4) is 0 Å². The van der Waals surface area contributed by atoms with Gasteiger partial charge in [0.25, 0.3) is 5.91 Å². The van der Waals surface area contributed by atoms with Crippen LogP contribution in [0.4, 0.5) is 8.78 Å². The van der Waals surface area contributed by atoms with Crippen LogP contribution in [0.15, 0.2) is 48.8 Å². The summed E-state index contributed by atoms with van der Waals surface area (Å²) >= 11 is 0. The first kappa shape index (κ1) is 20.4. The zero-order chi connectivity index (χ0) is 20.8. The highest BCUT2D eigenvalue weighted by molar-refractivity contribution is 5.94. The first-order chi connectivity index (χ1) is 13.9. The van der Waals surface area contributed by atoms with Crippen molar-refractivity contribution in [2.45, 2.75) is 19.4 Å². The molecule has 3 aromatic rings. The highest BCUT2D eigenvalue weighted by Gasteiger charge is 2.13. The molecule has 0 spiro atoms. The van der Waals surface area contributed by atoms with Gasteiger partial charge in [-0.05, 0) is 43.2 Å². The molecule has 7 nitrogen and oxygen atoms in total. The van der Waals surface area contributed by atoms with Gasteiger partial charge in [0.1, 0.15) is 5.82 Å². The molecule has 0 aliphatic heterocycles. The number of aromatic nitrogens is 3. The molecule has 2 aromatic heterocycles. The van der Waals surface area contributed by atoms with Crippen LogP contribution < -0.4 is 16.5 Å². The van der Waals surface area contributed by atoms with E-state index in [1.165, 1.54) is 29.3 Å². The Bertz CT molecular complexity index is 971. The van der Waals surface area contributed by atoms with Crippen LogP contribution in [0.2, 0.25) is 0 Å². The summed E-state index contributed by atoms with van der Waals surface area (Å²) in [5.41, 5.74) is 10.3. The van der Waals surface area contributed by atoms with E-state index in [0.29, 0.717) is 30.8 Å². The summed E-state index contributed by atoms with van der Waals surface area (Å²) in [6.07, 6.45) is 3.40. The number of halogens is 2. The molecule has 0 fully saturated rings. The van der Waals surface area contributed by atoms with Gasteiger partial charge < -0.3 is 16.5 Å². The van der Waals surface area contributed by atoms with Crippen LogP contribution in [0, 0.1) is 11.8 Å². The summed E-state index contributed by atoms with van der Waals surface area (Å²) in [7, 11) is 0. The zero-order valence-electron chi connectivity index (χ0n) is 15.9. The van der Waals surface area contributed by atoms with E-state index < -0.39 is 5.95 Å². The molecule has 3 rings (SSSR count). The number of carbonyl (C=O) groups is 1. The Morgan fingerprint density at radius 2 is 2.10 bits per heavy atom. The highest BCUT2D eigenvalue weighted by atomic mass is 19.1. The summed E-state index contributed by atoms with van der Waals surface area (Å²) in [5, 5.41) is 6.46. The predicted molar refractivity (Wildman–Crippen MR) is 106 cm³/mol. The topological polar surface area (TPSA) is 97.9 Å². The molecule has 29 heavy (non-hydrogen) atoms. The minimum Gasteiger partial charge on any atom is -0.350 e. The van der Waals surface area contributed by atoms with Crippen molar-refractivity contribution < 1.29 is 13.6 Å². The quantitative estimate of drug-likeness (QED) is 0.538. The normalized spacial score (nSPS) is 11.9. The second kappa shape index (κ2) is 9.24. The summed E-state index contributed by atoms with van der Waals surface area (Å²) in [6, 6.07) is 9.25. The molecule has 4 N–H and O–H groups in total. The number of nitrogens with two attached hydrogens (primary N) is 1. The number of carbonyl (C=O) groups excluding carboxylic acids is 1. The van der Waals surface area contributed by atoms with E-state index in [9.17, 15) is 13.6 Å². The fourth-order valence-corrected chi connectivity index (χ4v) is 2.66. The van der Waals surface area contributed by atoms with Crippen LogP contribution in [-0.2, 0) is 6.42 Å². The maximum atomic E-state index is 14.2. The van der Waals surface area contributed by atoms with E-state index in [4.69, 9.17) is 5.73 Å². The number of amides is 1. The molecule has 2 heterocycles. The molecule has 0 aliphatic carbocycles. The SMILES string of the molecule is C[C@@H](N)CNC(=O)c1ccc(-c2cn(NCCc3cccc(F)c3)nc2F)nc1. The lowest BCUT2D eigenvalue weighted by molar-refractivity contribution is 0.0951. The Labute approximate surface area is 166 Å². The minimum atomic E-state index is -0.690. The maximum Gasteiger partial charge on any atom is 0.252 e. The third-order valence-corrected chi connectivity index (χ3v) is 4.13. The van der Waals surface area contributed by atoms with Crippen molar-refractivity contribution in [2.75, 3.05) is 18.5 Å². The van der Waals surface area contributed by atoms with Crippen LogP contribution in [-0.4, -0.2) is 39.9 Å². The second-order valence-electron chi connectivity index (χ2n) is 6.69. The van der Waals surface area contributed by atoms with Crippen LogP contribution in [0.1, 0.15) is 22.8 Å². The lowest BCUT2D eigenvalue weighted by atomic mass is 10.1. The molecule has 1 amide bonds. The molecular weight excluding hydrogens is 378 g/mol. The van der Waals surface area contributed by atoms with Gasteiger partial charge >= 0.3 is 0 Å². The number of rotatable bonds is 8. The number of benzene rings is 1. The third kappa shape index (κ3) is 5.58. The van der Waals surface area contributed by atoms with Gasteiger partial charge in [0.05, 0.1) is 23.0 Å². The molecule has 0 bridgehead atoms. The number of nitrogens with zero attached hydrogens (tertiary/aromatic N) is 3. The second-order valence-corrected chi connectivity index (χ2v) is 6.69. The fourth-order valence-electron chi connectivity index (χ4n) is 2.66. The standard InChI is InChI=1S/C20H22F2N6O/c1-13(23)10-25-20(29)15-5-6-18(24-11-15)17-12-28(27-19(17)22)26-8-7-14-3-2-4-16(21)9-14/h2-6,9,11-13,26H,7-8,10,23H2,1H3,(H,25,29)/t13-/m1/s1. The summed E-state index contributed by atoms with van der Waals surface area (Å²) < 4.78 is 27.4. The number of hydrogen-bond donors (Lipinski definition) is 3. The van der Waals surface area contributed by atoms with Crippen molar-refractivity contribution in [3.05, 3.63) is 71.7 Å². The largest absolute Gasteiger partial charge is 0.350 e. The first-order valence-electron chi connectivity index (χ1n) is 9.16. The number of hydrogen-bond acceptors (Lipinski definition) is 5. The van der Waals surface area contributed by atoms with E-state index in [2.05, 4.69) is 20.8 Å². The Morgan fingerprint density at radius 3 is 2.79 bits per heavy atom. The predicted octanol–water partition coefficient (Wildman–Crippen LogP) is 2.09. The molecular formula is C20H22F2N6O. The molecule has 1 aromatic carbocycles. The molecule has 1 atom stereocenters. The number of nitrogens with one attached hydrogen (secondary N) is 2. The van der Waals surface area contributed by atoms with E-state index in [-0.39, 0.29) is 23.3 Å². The van der Waals surface area contributed by atoms with Crippen LogP contribution in [0.5, 0.6) is 0 Å². The van der Waals surface area contributed by atoms with E-state index in [0.717, 1.165) is 5.56 Å². The Morgan fingerprint density at radius 1 is 1.28 bits per heavy atom. The van der Waals surface area contributed by atoms with Gasteiger partial charge in [-0.25, -0.2) is 4.39 Å². The Kier molecular flexibility index (Phi) is 6.50. The van der Waals surface area contributed by atoms with E-state index in [1.54, 1.807) is 25.1 Å². The van der Waals surface area contributed by atoms with Gasteiger partial charge in [0.2, 0.25) is 5.95 Å². The Hall–Kier alpha value is -3.33. The van der Waals surface area contributed by atoms with Crippen molar-refractivity contribution in [1.29, 1.82) is 0 Å². The van der Waals surface area contributed by atoms with Gasteiger partial charge in [-0.2, -0.15) is 9.18 Å². The molecule has 0 saturated heterocycles. The first-order valence-corrected chi connectivity index (χ1v) is 9.16. The molecule has 9 heteroatoms. The molecule has 0 unspecified atom stereocenters. The van der Waals surface area contributed by atoms with Gasteiger partial charge in [-0.15, -0.1) is 5.10 Å². The number of pyridine rings is 1. The molecule has 0 radical (unpaired) electrons. The van der Waals surface area contributed by atoms with Crippen molar-refractivity contribution in [3.8, 4) is 11.3 Å². The molecule has 0 saturated carbocycles. The average molecular weight is 400 g/mol. The third-order valence-electron chi connectivity index (χ3n) is 4.13. The fraction of sp³-hybridized carbons (Fsp3) is 0.250. The minimum absolute atomic E-state index is 0.153. The average Bonchev–Trinajstić information content (AvgIpc) is 3.07. The van der Waals surface area contributed by atoms with E-state index in [1.807, 2.05) is 6.07 Å². The van der Waals surface area contributed by atoms with Crippen LogP contribution >= 0.6 is 0 Å². The van der Waals surface area contributed by atoms with Gasteiger partial charge in [0, 0.05) is 25.3 Å². The van der Waals surface area contributed by atoms with Gasteiger partial charge in [-0.1, -0.05) is 12.1 Å². The van der Waals surface area contributed by atoms with Gasteiger partial charge in [0.15, 0.2) is 0 Å². The molecule has 152 valence electrons. The van der Waals surface area contributed by atoms with Crippen molar-refractivity contribution in [3.63, 3.8) is 0 Å². The highest BCUT2D eigenvalue weighted by Crippen LogP contribution is 2.19.